The molecule has 0 bridgehead atoms. The van der Waals surface area contributed by atoms with Crippen LogP contribution in [0.5, 0.6) is 0 Å². The number of aliphatic hydroxyl groups excluding tert-OH is 2. The first-order valence-electron chi connectivity index (χ1n) is 8.18. The minimum Gasteiger partial charge on any atom is -0.566 e. The van der Waals surface area contributed by atoms with Crippen molar-refractivity contribution < 1.29 is 33.4 Å². The third kappa shape index (κ3) is 5.52. The normalized spacial score (nSPS) is 25.5. The minimum absolute atomic E-state index is 0.0215. The van der Waals surface area contributed by atoms with Gasteiger partial charge in [0.25, 0.3) is 5.56 Å². The van der Waals surface area contributed by atoms with Gasteiger partial charge in [0, 0.05) is 0 Å². The van der Waals surface area contributed by atoms with Crippen molar-refractivity contribution in [3.05, 3.63) is 16.7 Å². The fraction of sp³-hybridized carbons (Fsp3) is 0.643. The molecule has 0 aromatic carbocycles. The number of ether oxygens (including phenoxy) is 1. The molecule has 14 heteroatoms. The maximum atomic E-state index is 11.7. The Morgan fingerprint density at radius 1 is 1.39 bits per heavy atom. The molecule has 0 amide bonds. The minimum atomic E-state index is -3.11. The van der Waals surface area contributed by atoms with Gasteiger partial charge < -0.3 is 30.1 Å². The van der Waals surface area contributed by atoms with Crippen molar-refractivity contribution in [2.45, 2.75) is 24.5 Å². The molecule has 1 aliphatic heterocycles. The largest absolute Gasteiger partial charge is 0.566 e. The molecule has 5 N–H and O–H groups in total. The molecule has 0 spiro atoms. The van der Waals surface area contributed by atoms with Crippen LogP contribution in [0.3, 0.4) is 0 Å². The Balaban J connectivity index is 0.000000500. The van der Waals surface area contributed by atoms with Crippen LogP contribution in [0.4, 0.5) is 5.95 Å². The van der Waals surface area contributed by atoms with E-state index in [0.717, 1.165) is 4.48 Å². The summed E-state index contributed by atoms with van der Waals surface area (Å²) in [5, 5.41) is 20.0. The van der Waals surface area contributed by atoms with Gasteiger partial charge in [-0.2, -0.15) is 4.98 Å². The maximum Gasteiger partial charge on any atom is 0.488 e. The van der Waals surface area contributed by atoms with Crippen LogP contribution in [-0.4, -0.2) is 87.3 Å². The van der Waals surface area contributed by atoms with E-state index in [2.05, 4.69) is 47.7 Å². The lowest BCUT2D eigenvalue weighted by Crippen LogP contribution is -2.33. The lowest BCUT2D eigenvalue weighted by molar-refractivity contribution is -0.849. The summed E-state index contributed by atoms with van der Waals surface area (Å²) in [6.07, 6.45) is -3.83. The van der Waals surface area contributed by atoms with Gasteiger partial charge in [0.2, 0.25) is 5.95 Å². The van der Waals surface area contributed by atoms with Crippen LogP contribution in [0.25, 0.3) is 11.2 Å². The summed E-state index contributed by atoms with van der Waals surface area (Å²) < 4.78 is 22.5. The number of H-pyrrole nitrogens is 1. The predicted molar refractivity (Wildman–Crippen MR) is 96.0 cm³/mol. The topological polar surface area (TPSA) is 189 Å². The van der Waals surface area contributed by atoms with Crippen LogP contribution in [0.1, 0.15) is 6.23 Å². The molecule has 156 valence electrons. The fourth-order valence-corrected chi connectivity index (χ4v) is 2.63. The number of hydrogen-bond donors (Lipinski definition) is 4. The van der Waals surface area contributed by atoms with Gasteiger partial charge in [0.05, 0.1) is 34.5 Å². The first-order chi connectivity index (χ1) is 12.9. The van der Waals surface area contributed by atoms with Gasteiger partial charge in [-0.1, -0.05) is 0 Å². The average Bonchev–Trinajstić information content (AvgIpc) is 3.07. The van der Waals surface area contributed by atoms with Crippen molar-refractivity contribution >= 4 is 25.4 Å². The number of nitrogens with two attached hydrogens (primary N) is 1. The smallest absolute Gasteiger partial charge is 0.488 e. The number of nitrogens with zero attached hydrogens (tertiary/aromatic N) is 4. The third-order valence-corrected chi connectivity index (χ3v) is 3.77. The third-order valence-electron chi connectivity index (χ3n) is 3.41. The highest BCUT2D eigenvalue weighted by Crippen LogP contribution is 2.32. The Labute approximate surface area is 160 Å². The van der Waals surface area contributed by atoms with E-state index >= 15 is 0 Å². The molecule has 2 aromatic rings. The molecule has 0 aliphatic carbocycles. The lowest BCUT2D eigenvalue weighted by atomic mass is 10.1. The highest BCUT2D eigenvalue weighted by Gasteiger charge is 2.45. The zero-order valence-electron chi connectivity index (χ0n) is 15.8. The van der Waals surface area contributed by atoms with E-state index in [1.165, 1.54) is 10.9 Å². The summed E-state index contributed by atoms with van der Waals surface area (Å²) in [6.45, 7) is -0.462. The van der Waals surface area contributed by atoms with E-state index < -0.39 is 45.0 Å². The van der Waals surface area contributed by atoms with Gasteiger partial charge in [-0.15, -0.1) is 4.52 Å². The van der Waals surface area contributed by atoms with E-state index in [0.29, 0.717) is 0 Å². The molecule has 1 saturated heterocycles. The molecule has 1 fully saturated rings. The number of anilines is 1. The SMILES string of the molecule is C[N+](C)(C)C.Nc1nc2c(ncn2C2OC(CO[P+](=O)[O-])C(O)C2O)c(=O)[nH]1. The number of fused-ring (bicyclic) bond motifs is 1. The van der Waals surface area contributed by atoms with Crippen molar-refractivity contribution in [1.29, 1.82) is 0 Å². The van der Waals surface area contributed by atoms with Crippen molar-refractivity contribution in [1.82, 2.24) is 19.5 Å². The number of hydrogen-bond acceptors (Lipinski definition) is 10. The second-order valence-corrected chi connectivity index (χ2v) is 8.23. The van der Waals surface area contributed by atoms with Crippen LogP contribution in [0.2, 0.25) is 0 Å². The van der Waals surface area contributed by atoms with Gasteiger partial charge in [0.1, 0.15) is 24.9 Å². The molecule has 28 heavy (non-hydrogen) atoms. The summed E-state index contributed by atoms with van der Waals surface area (Å²) >= 11 is 0. The number of aromatic amines is 1. The van der Waals surface area contributed by atoms with Crippen molar-refractivity contribution in [3.8, 4) is 0 Å². The second kappa shape index (κ2) is 8.57. The molecule has 5 unspecified atom stereocenters. The van der Waals surface area contributed by atoms with Gasteiger partial charge in [0.15, 0.2) is 17.4 Å². The zero-order chi connectivity index (χ0) is 21.2. The molecular formula is C14H24N6O7P+. The molecule has 0 radical (unpaired) electrons. The van der Waals surface area contributed by atoms with Gasteiger partial charge in [-0.3, -0.25) is 14.3 Å². The highest BCUT2D eigenvalue weighted by molar-refractivity contribution is 7.30. The number of nitrogen functional groups attached to an aromatic ring is 1. The number of rotatable bonds is 4. The van der Waals surface area contributed by atoms with E-state index in [9.17, 15) is 24.5 Å². The molecule has 5 atom stereocenters. The lowest BCUT2D eigenvalue weighted by Gasteiger charge is -2.16. The molecule has 0 saturated carbocycles. The second-order valence-electron chi connectivity index (χ2n) is 7.52. The standard InChI is InChI=1S/C10H12N5O7P.C4H12N/c11-10-13-7-4(8(18)14-10)12-2-15(7)9-6(17)5(16)3(22-9)1-21-23(19)20;1-5(2,3)4/h2-3,5-6,9,16-17H,1H2,(H3,11,13,14,18);1-4H3/q;+1. The fourth-order valence-electron chi connectivity index (χ4n) is 2.36. The van der Waals surface area contributed by atoms with Crippen LogP contribution in [0.15, 0.2) is 11.1 Å². The summed E-state index contributed by atoms with van der Waals surface area (Å²) in [5.41, 5.74) is 4.94. The highest BCUT2D eigenvalue weighted by atomic mass is 31.1. The molecule has 1 aliphatic rings. The van der Waals surface area contributed by atoms with Gasteiger partial charge in [-0.25, -0.2) is 4.98 Å². The van der Waals surface area contributed by atoms with Crippen LogP contribution in [0, 0.1) is 0 Å². The zero-order valence-corrected chi connectivity index (χ0v) is 16.7. The summed E-state index contributed by atoms with van der Waals surface area (Å²) in [7, 11) is 5.39. The maximum absolute atomic E-state index is 11.7. The molecular weight excluding hydrogens is 395 g/mol. The van der Waals surface area contributed by atoms with Crippen molar-refractivity contribution in [2.24, 2.45) is 0 Å². The number of quaternary nitrogens is 1. The Morgan fingerprint density at radius 3 is 2.57 bits per heavy atom. The van der Waals surface area contributed by atoms with E-state index in [1.54, 1.807) is 0 Å². The Hall–Kier alpha value is -1.99. The Morgan fingerprint density at radius 2 is 2.00 bits per heavy atom. The summed E-state index contributed by atoms with van der Waals surface area (Å²) in [6, 6.07) is 0. The predicted octanol–water partition coefficient (Wildman–Crippen LogP) is -2.32. The van der Waals surface area contributed by atoms with E-state index in [-0.39, 0.29) is 17.1 Å². The van der Waals surface area contributed by atoms with Crippen LogP contribution < -0.4 is 16.2 Å². The molecule has 13 nitrogen and oxygen atoms in total. The van der Waals surface area contributed by atoms with Crippen molar-refractivity contribution in [3.63, 3.8) is 0 Å². The Bertz CT molecular complexity index is 888. The van der Waals surface area contributed by atoms with Crippen molar-refractivity contribution in [2.75, 3.05) is 40.5 Å². The summed E-state index contributed by atoms with van der Waals surface area (Å²) in [5.74, 6) is -0.152. The number of aliphatic hydroxyl groups is 2. The number of aromatic nitrogens is 4. The first kappa shape index (κ1) is 22.3. The molecule has 3 rings (SSSR count). The molecule has 3 heterocycles. The number of imidazole rings is 1. The van der Waals surface area contributed by atoms with Crippen LogP contribution >= 0.6 is 8.25 Å². The summed E-state index contributed by atoms with van der Waals surface area (Å²) in [4.78, 5) is 32.2. The van der Waals surface area contributed by atoms with Gasteiger partial charge in [-0.05, 0) is 4.57 Å². The number of nitrogens with one attached hydrogen (secondary N) is 1. The molecule has 2 aromatic heterocycles. The van der Waals surface area contributed by atoms with Crippen LogP contribution in [-0.2, 0) is 13.8 Å². The first-order valence-corrected chi connectivity index (χ1v) is 9.28. The van der Waals surface area contributed by atoms with E-state index in [4.69, 9.17) is 10.5 Å². The average molecular weight is 419 g/mol. The quantitative estimate of drug-likeness (QED) is 0.309. The monoisotopic (exact) mass is 419 g/mol. The Kier molecular flexibility index (Phi) is 6.83. The van der Waals surface area contributed by atoms with E-state index in [1.807, 2.05) is 0 Å². The van der Waals surface area contributed by atoms with Gasteiger partial charge >= 0.3 is 8.25 Å².